The van der Waals surface area contributed by atoms with Crippen molar-refractivity contribution in [3.05, 3.63) is 61.9 Å². The highest BCUT2D eigenvalue weighted by Gasteiger charge is 2.38. The van der Waals surface area contributed by atoms with Gasteiger partial charge in [-0.1, -0.05) is 20.8 Å². The van der Waals surface area contributed by atoms with Crippen molar-refractivity contribution < 1.29 is 29.4 Å². The van der Waals surface area contributed by atoms with Gasteiger partial charge in [0.05, 0.1) is 6.04 Å². The third-order valence-corrected chi connectivity index (χ3v) is 9.67. The lowest BCUT2D eigenvalue weighted by molar-refractivity contribution is -0.138. The second-order valence-electron chi connectivity index (χ2n) is 12.2. The first-order valence-electron chi connectivity index (χ1n) is 15.3. The van der Waals surface area contributed by atoms with Gasteiger partial charge in [-0.05, 0) is 73.9 Å². The van der Waals surface area contributed by atoms with E-state index in [1.807, 2.05) is 47.6 Å². The molecule has 0 saturated carbocycles. The maximum absolute atomic E-state index is 12.5. The number of carboxylic acids is 2. The number of hydrogen-bond donors (Lipinski definition) is 7. The van der Waals surface area contributed by atoms with E-state index < -0.39 is 11.9 Å². The molecule has 4 heterocycles. The summed E-state index contributed by atoms with van der Waals surface area (Å²) in [5.74, 6) is -2.18. The van der Waals surface area contributed by atoms with Gasteiger partial charge < -0.3 is 30.8 Å². The summed E-state index contributed by atoms with van der Waals surface area (Å²) in [6.45, 7) is 11.7. The molecule has 0 bridgehead atoms. The van der Waals surface area contributed by atoms with Crippen molar-refractivity contribution in [2.24, 2.45) is 11.8 Å². The van der Waals surface area contributed by atoms with E-state index in [9.17, 15) is 29.4 Å². The van der Waals surface area contributed by atoms with Gasteiger partial charge in [-0.15, -0.1) is 0 Å². The molecule has 4 atom stereocenters. The Hall–Kier alpha value is -3.73. The van der Waals surface area contributed by atoms with Gasteiger partial charge in [-0.3, -0.25) is 19.2 Å². The maximum atomic E-state index is 12.5. The number of H-pyrrole nitrogens is 2. The van der Waals surface area contributed by atoms with Gasteiger partial charge in [0.25, 0.3) is 0 Å². The lowest BCUT2D eigenvalue weighted by atomic mass is 9.91. The number of aromatic nitrogens is 2. The Morgan fingerprint density at radius 3 is 2.09 bits per heavy atom. The lowest BCUT2D eigenvalue weighted by Gasteiger charge is -2.17. The fourth-order valence-electron chi connectivity index (χ4n) is 6.78. The molecule has 0 aromatic carbocycles. The smallest absolute Gasteiger partial charge is 0.303 e. The first-order valence-corrected chi connectivity index (χ1v) is 15.8. The second kappa shape index (κ2) is 13.5. The number of aliphatic carboxylic acids is 2. The minimum Gasteiger partial charge on any atom is -0.481 e. The van der Waals surface area contributed by atoms with Gasteiger partial charge in [0, 0.05) is 76.8 Å². The number of carbonyl (C=O) groups is 4. The van der Waals surface area contributed by atoms with E-state index in [0.717, 1.165) is 61.9 Å². The Morgan fingerprint density at radius 1 is 0.955 bits per heavy atom. The van der Waals surface area contributed by atoms with Crippen LogP contribution in [0.3, 0.4) is 0 Å². The van der Waals surface area contributed by atoms with Crippen LogP contribution in [0.25, 0.3) is 6.08 Å². The molecule has 0 aliphatic carbocycles. The third-order valence-electron chi connectivity index (χ3n) is 9.35. The van der Waals surface area contributed by atoms with E-state index in [-0.39, 0.29) is 47.8 Å². The predicted octanol–water partition coefficient (Wildman–Crippen LogP) is 4.39. The number of thiol groups is 1. The fraction of sp³-hybridized carbons (Fsp3) is 0.515. The minimum atomic E-state index is -0.897. The molecule has 2 aromatic rings. The Bertz CT molecular complexity index is 1550. The quantitative estimate of drug-likeness (QED) is 0.163. The van der Waals surface area contributed by atoms with E-state index in [0.29, 0.717) is 32.1 Å². The summed E-state index contributed by atoms with van der Waals surface area (Å²) in [5, 5.41) is 25.0. The topological polar surface area (TPSA) is 164 Å². The van der Waals surface area contributed by atoms with Crippen LogP contribution in [0.5, 0.6) is 0 Å². The van der Waals surface area contributed by atoms with Crippen molar-refractivity contribution in [2.45, 2.75) is 97.8 Å². The lowest BCUT2D eigenvalue weighted by Crippen LogP contribution is -2.30. The fourth-order valence-corrected chi connectivity index (χ4v) is 7.19. The van der Waals surface area contributed by atoms with E-state index >= 15 is 0 Å². The van der Waals surface area contributed by atoms with Crippen molar-refractivity contribution in [3.8, 4) is 0 Å². The van der Waals surface area contributed by atoms with E-state index in [4.69, 9.17) is 0 Å². The number of hydrogen-bond acceptors (Lipinski definition) is 5. The van der Waals surface area contributed by atoms with Crippen molar-refractivity contribution >= 4 is 42.5 Å². The highest BCUT2D eigenvalue weighted by molar-refractivity contribution is 7.80. The highest BCUT2D eigenvalue weighted by atomic mass is 32.1. The molecule has 0 radical (unpaired) electrons. The van der Waals surface area contributed by atoms with Crippen LogP contribution < -0.4 is 10.6 Å². The molecule has 2 aliphatic heterocycles. The Balaban J connectivity index is 1.75. The SMILES string of the molecule is CCC1=C(C)[C@@H](Cc2[nH]c(Cc3[nH]c(/C=C4/NC(=O)[C@H](C)[C@H]4[C@@H](C)S)c(C)c3CCC(=O)O)c(CCC(=O)O)c2C)NC1=O. The van der Waals surface area contributed by atoms with Crippen LogP contribution in [0.1, 0.15) is 92.0 Å². The number of nitrogens with one attached hydrogen (secondary N) is 4. The molecule has 2 aromatic heterocycles. The first kappa shape index (κ1) is 33.2. The summed E-state index contributed by atoms with van der Waals surface area (Å²) < 4.78 is 0. The van der Waals surface area contributed by atoms with Gasteiger partial charge in [0.15, 0.2) is 0 Å². The molecule has 0 unspecified atom stereocenters. The van der Waals surface area contributed by atoms with Crippen LogP contribution in [-0.4, -0.2) is 55.2 Å². The summed E-state index contributed by atoms with van der Waals surface area (Å²) in [4.78, 5) is 55.2. The van der Waals surface area contributed by atoms with Crippen LogP contribution in [0, 0.1) is 25.7 Å². The molecule has 10 nitrogen and oxygen atoms in total. The normalized spacial score (nSPS) is 21.7. The molecule has 4 rings (SSSR count). The molecule has 2 aliphatic rings. The average Bonchev–Trinajstić information content (AvgIpc) is 3.59. The summed E-state index contributed by atoms with van der Waals surface area (Å²) in [5.41, 5.74) is 9.72. The Kier molecular flexibility index (Phi) is 10.2. The minimum absolute atomic E-state index is 0.0294. The molecule has 44 heavy (non-hydrogen) atoms. The average molecular weight is 625 g/mol. The van der Waals surface area contributed by atoms with Crippen LogP contribution in [0.15, 0.2) is 16.8 Å². The highest BCUT2D eigenvalue weighted by Crippen LogP contribution is 2.35. The number of carboxylic acid groups (broad SMARTS) is 2. The number of aromatic amines is 2. The van der Waals surface area contributed by atoms with Gasteiger partial charge in [0.2, 0.25) is 11.8 Å². The van der Waals surface area contributed by atoms with Crippen LogP contribution >= 0.6 is 12.6 Å². The van der Waals surface area contributed by atoms with E-state index in [2.05, 4.69) is 33.2 Å². The number of allylic oxidation sites excluding steroid dienone is 1. The van der Waals surface area contributed by atoms with Gasteiger partial charge in [0.1, 0.15) is 0 Å². The maximum Gasteiger partial charge on any atom is 0.303 e. The molecular formula is C33H44N4O6S. The van der Waals surface area contributed by atoms with Crippen LogP contribution in [-0.2, 0) is 44.9 Å². The van der Waals surface area contributed by atoms with Crippen molar-refractivity contribution in [2.75, 3.05) is 0 Å². The molecule has 11 heteroatoms. The zero-order valence-electron chi connectivity index (χ0n) is 26.3. The monoisotopic (exact) mass is 624 g/mol. The first-order chi connectivity index (χ1) is 20.7. The van der Waals surface area contributed by atoms with Crippen molar-refractivity contribution in [3.63, 3.8) is 0 Å². The summed E-state index contributed by atoms with van der Waals surface area (Å²) in [7, 11) is 0. The van der Waals surface area contributed by atoms with Gasteiger partial charge >= 0.3 is 11.9 Å². The standard InChI is InChI=1S/C33H44N4O6S/c1-7-20-15(2)25(36-33(20)43)12-23-16(3)21(8-10-29(38)39)26(34-23)14-27-22(9-11-30(40)41)17(4)24(35-27)13-28-31(19(6)44)18(5)32(42)37-28/h13,18-19,25,31,34-35,44H,7-12,14H2,1-6H3,(H,36,43)(H,37,42)(H,38,39)(H,40,41)/b28-13+/t18-,19-,25-,31+/m1/s1. The van der Waals surface area contributed by atoms with E-state index in [1.165, 1.54) is 0 Å². The summed E-state index contributed by atoms with van der Waals surface area (Å²) in [6.07, 6.45) is 4.15. The van der Waals surface area contributed by atoms with Crippen molar-refractivity contribution in [1.29, 1.82) is 0 Å². The predicted molar refractivity (Wildman–Crippen MR) is 172 cm³/mol. The van der Waals surface area contributed by atoms with Crippen LogP contribution in [0.4, 0.5) is 0 Å². The Labute approximate surface area is 263 Å². The van der Waals surface area contributed by atoms with Crippen LogP contribution in [0.2, 0.25) is 0 Å². The third kappa shape index (κ3) is 6.82. The second-order valence-corrected chi connectivity index (χ2v) is 13.0. The molecule has 1 saturated heterocycles. The zero-order valence-corrected chi connectivity index (χ0v) is 27.2. The molecule has 1 fully saturated rings. The zero-order chi connectivity index (χ0) is 32.5. The number of carbonyl (C=O) groups excluding carboxylic acids is 2. The molecule has 6 N–H and O–H groups in total. The Morgan fingerprint density at radius 2 is 1.55 bits per heavy atom. The number of rotatable bonds is 13. The molecular weight excluding hydrogens is 580 g/mol. The number of amides is 2. The van der Waals surface area contributed by atoms with Crippen molar-refractivity contribution in [1.82, 2.24) is 20.6 Å². The molecule has 0 spiro atoms. The van der Waals surface area contributed by atoms with E-state index in [1.54, 1.807) is 0 Å². The van der Waals surface area contributed by atoms with Gasteiger partial charge in [-0.2, -0.15) is 12.6 Å². The van der Waals surface area contributed by atoms with Gasteiger partial charge in [-0.25, -0.2) is 0 Å². The molecule has 238 valence electrons. The molecule has 2 amide bonds. The largest absolute Gasteiger partial charge is 0.481 e. The summed E-state index contributed by atoms with van der Waals surface area (Å²) in [6, 6.07) is -0.141. The summed E-state index contributed by atoms with van der Waals surface area (Å²) >= 11 is 4.63.